The summed E-state index contributed by atoms with van der Waals surface area (Å²) in [5.74, 6) is 2.53. The van der Waals surface area contributed by atoms with Crippen LogP contribution in [0.4, 0.5) is 4.39 Å². The second kappa shape index (κ2) is 7.51. The molecule has 4 fully saturated rings. The number of halogens is 1. The van der Waals surface area contributed by atoms with Crippen molar-refractivity contribution in [3.8, 4) is 0 Å². The first-order valence-electron chi connectivity index (χ1n) is 10.4. The Morgan fingerprint density at radius 3 is 2.36 bits per heavy atom. The predicted molar refractivity (Wildman–Crippen MR) is 95.0 cm³/mol. The van der Waals surface area contributed by atoms with Gasteiger partial charge in [0.15, 0.2) is 0 Å². The highest BCUT2D eigenvalue weighted by Crippen LogP contribution is 2.51. The zero-order valence-corrected chi connectivity index (χ0v) is 15.4. The number of hydrogen-bond donors (Lipinski definition) is 1. The Labute approximate surface area is 150 Å². The number of likely N-dealkylation sites (tertiary alicyclic amines) is 1. The molecule has 1 amide bonds. The van der Waals surface area contributed by atoms with Gasteiger partial charge in [0, 0.05) is 58.2 Å². The summed E-state index contributed by atoms with van der Waals surface area (Å²) in [6, 6.07) is 0. The number of nitrogens with one attached hydrogen (secondary N) is 1. The van der Waals surface area contributed by atoms with Crippen molar-refractivity contribution >= 4 is 5.91 Å². The normalized spacial score (nSPS) is 35.8. The Morgan fingerprint density at radius 1 is 1.08 bits per heavy atom. The quantitative estimate of drug-likeness (QED) is 0.774. The van der Waals surface area contributed by atoms with Crippen LogP contribution >= 0.6 is 0 Å². The van der Waals surface area contributed by atoms with Gasteiger partial charge in [-0.3, -0.25) is 9.69 Å². The summed E-state index contributed by atoms with van der Waals surface area (Å²) in [7, 11) is 0. The third kappa shape index (κ3) is 4.19. The number of piperidine rings is 1. The topological polar surface area (TPSA) is 41.6 Å². The summed E-state index contributed by atoms with van der Waals surface area (Å²) >= 11 is 0. The predicted octanol–water partition coefficient (Wildman–Crippen LogP) is 2.77. The van der Waals surface area contributed by atoms with Gasteiger partial charge in [-0.15, -0.1) is 0 Å². The number of nitrogens with zero attached hydrogens (tertiary/aromatic N) is 1. The first kappa shape index (κ1) is 17.7. The molecule has 4 aliphatic rings. The molecule has 0 spiro atoms. The van der Waals surface area contributed by atoms with Crippen LogP contribution in [0, 0.1) is 23.7 Å². The molecular weight excluding hydrogens is 319 g/mol. The van der Waals surface area contributed by atoms with E-state index in [-0.39, 0.29) is 11.8 Å². The van der Waals surface area contributed by atoms with E-state index in [9.17, 15) is 9.18 Å². The van der Waals surface area contributed by atoms with Crippen molar-refractivity contribution < 1.29 is 13.9 Å². The van der Waals surface area contributed by atoms with E-state index in [0.29, 0.717) is 50.4 Å². The van der Waals surface area contributed by atoms with Crippen LogP contribution < -0.4 is 5.32 Å². The summed E-state index contributed by atoms with van der Waals surface area (Å²) in [4.78, 5) is 14.7. The maximum atomic E-state index is 14.8. The highest BCUT2D eigenvalue weighted by Gasteiger charge is 2.56. The molecule has 0 aromatic rings. The molecule has 0 aromatic carbocycles. The number of ether oxygens (including phenoxy) is 1. The van der Waals surface area contributed by atoms with Crippen molar-refractivity contribution in [1.82, 2.24) is 10.2 Å². The number of carbonyl (C=O) groups is 1. The van der Waals surface area contributed by atoms with Crippen LogP contribution in [0.1, 0.15) is 51.4 Å². The van der Waals surface area contributed by atoms with Crippen LogP contribution in [-0.4, -0.2) is 55.9 Å². The minimum absolute atomic E-state index is 0.248. The first-order chi connectivity index (χ1) is 12.1. The third-order valence-electron chi connectivity index (χ3n) is 7.08. The van der Waals surface area contributed by atoms with Crippen LogP contribution in [0.5, 0.6) is 0 Å². The standard InChI is InChI=1S/C20H33FN2O2/c21-20(7-9-25-10-8-20)14-23-12-17-16(18(17)13-23)11-22-19(24)15-5-3-1-2-4-6-15/h15-18H,1-14H2,(H,22,24). The van der Waals surface area contributed by atoms with Crippen molar-refractivity contribution in [2.45, 2.75) is 57.0 Å². The van der Waals surface area contributed by atoms with Crippen LogP contribution in [0.2, 0.25) is 0 Å². The van der Waals surface area contributed by atoms with Gasteiger partial charge in [-0.1, -0.05) is 25.7 Å². The monoisotopic (exact) mass is 352 g/mol. The molecule has 2 saturated heterocycles. The van der Waals surface area contributed by atoms with Crippen LogP contribution in [0.15, 0.2) is 0 Å². The Kier molecular flexibility index (Phi) is 5.33. The lowest BCUT2D eigenvalue weighted by atomic mass is 9.95. The molecule has 0 bridgehead atoms. The van der Waals surface area contributed by atoms with Crippen molar-refractivity contribution in [2.24, 2.45) is 23.7 Å². The number of alkyl halides is 1. The summed E-state index contributed by atoms with van der Waals surface area (Å²) in [5.41, 5.74) is -1.04. The second-order valence-corrected chi connectivity index (χ2v) is 8.88. The van der Waals surface area contributed by atoms with Crippen molar-refractivity contribution in [1.29, 1.82) is 0 Å². The second-order valence-electron chi connectivity index (χ2n) is 8.88. The first-order valence-corrected chi connectivity index (χ1v) is 10.4. The largest absolute Gasteiger partial charge is 0.381 e. The van der Waals surface area contributed by atoms with E-state index < -0.39 is 5.67 Å². The summed E-state index contributed by atoms with van der Waals surface area (Å²) in [6.45, 7) is 4.57. The molecule has 2 heterocycles. The molecule has 2 saturated carbocycles. The molecule has 0 aromatic heterocycles. The molecule has 2 aliphatic carbocycles. The van der Waals surface area contributed by atoms with Gasteiger partial charge >= 0.3 is 0 Å². The van der Waals surface area contributed by atoms with Crippen molar-refractivity contribution in [3.63, 3.8) is 0 Å². The van der Waals surface area contributed by atoms with Gasteiger partial charge in [-0.05, 0) is 30.6 Å². The number of carbonyl (C=O) groups excluding carboxylic acids is 1. The minimum Gasteiger partial charge on any atom is -0.381 e. The highest BCUT2D eigenvalue weighted by atomic mass is 19.1. The van der Waals surface area contributed by atoms with Crippen molar-refractivity contribution in [3.05, 3.63) is 0 Å². The Morgan fingerprint density at radius 2 is 1.72 bits per heavy atom. The van der Waals surface area contributed by atoms with Crippen molar-refractivity contribution in [2.75, 3.05) is 39.4 Å². The lowest BCUT2D eigenvalue weighted by molar-refractivity contribution is -0.125. The molecule has 4 nitrogen and oxygen atoms in total. The van der Waals surface area contributed by atoms with E-state index in [1.807, 2.05) is 0 Å². The summed E-state index contributed by atoms with van der Waals surface area (Å²) < 4.78 is 20.1. The van der Waals surface area contributed by atoms with Gasteiger partial charge in [-0.2, -0.15) is 0 Å². The van der Waals surface area contributed by atoms with Gasteiger partial charge in [0.25, 0.3) is 0 Å². The molecular formula is C20H33FN2O2. The maximum Gasteiger partial charge on any atom is 0.223 e. The number of hydrogen-bond acceptors (Lipinski definition) is 3. The number of rotatable bonds is 5. The summed E-state index contributed by atoms with van der Waals surface area (Å²) in [6.07, 6.45) is 8.21. The maximum absolute atomic E-state index is 14.8. The van der Waals surface area contributed by atoms with E-state index >= 15 is 0 Å². The molecule has 2 aliphatic heterocycles. The van der Waals surface area contributed by atoms with Gasteiger partial charge in [-0.25, -0.2) is 4.39 Å². The number of amides is 1. The fraction of sp³-hybridized carbons (Fsp3) is 0.950. The molecule has 0 radical (unpaired) electrons. The molecule has 2 atom stereocenters. The van der Waals surface area contributed by atoms with Crippen LogP contribution in [0.3, 0.4) is 0 Å². The molecule has 142 valence electrons. The van der Waals surface area contributed by atoms with E-state index in [0.717, 1.165) is 32.5 Å². The highest BCUT2D eigenvalue weighted by molar-refractivity contribution is 5.78. The molecule has 1 N–H and O–H groups in total. The van der Waals surface area contributed by atoms with E-state index in [2.05, 4.69) is 10.2 Å². The van der Waals surface area contributed by atoms with Gasteiger partial charge in [0.1, 0.15) is 5.67 Å². The molecule has 5 heteroatoms. The van der Waals surface area contributed by atoms with Crippen LogP contribution in [-0.2, 0) is 9.53 Å². The Bertz CT molecular complexity index is 460. The smallest absolute Gasteiger partial charge is 0.223 e. The zero-order chi connectivity index (χ0) is 17.3. The fourth-order valence-electron chi connectivity index (χ4n) is 5.37. The zero-order valence-electron chi connectivity index (χ0n) is 15.4. The third-order valence-corrected chi connectivity index (χ3v) is 7.08. The SMILES string of the molecule is O=C(NCC1C2CN(CC3(F)CCOCC3)CC12)C1CCCCCC1. The lowest BCUT2D eigenvalue weighted by Crippen LogP contribution is -2.44. The average molecular weight is 352 g/mol. The Balaban J connectivity index is 1.16. The molecule has 4 rings (SSSR count). The van der Waals surface area contributed by atoms with Crippen LogP contribution in [0.25, 0.3) is 0 Å². The van der Waals surface area contributed by atoms with E-state index in [1.54, 1.807) is 0 Å². The van der Waals surface area contributed by atoms with Gasteiger partial charge in [0.05, 0.1) is 0 Å². The number of fused-ring (bicyclic) bond motifs is 1. The molecule has 2 unspecified atom stereocenters. The summed E-state index contributed by atoms with van der Waals surface area (Å²) in [5, 5.41) is 3.23. The Hall–Kier alpha value is -0.680. The average Bonchev–Trinajstić information content (AvgIpc) is 3.19. The molecule has 25 heavy (non-hydrogen) atoms. The van der Waals surface area contributed by atoms with E-state index in [4.69, 9.17) is 4.74 Å². The van der Waals surface area contributed by atoms with Gasteiger partial charge in [0.2, 0.25) is 5.91 Å². The van der Waals surface area contributed by atoms with Gasteiger partial charge < -0.3 is 10.1 Å². The fourth-order valence-corrected chi connectivity index (χ4v) is 5.37. The lowest BCUT2D eigenvalue weighted by Gasteiger charge is -2.34. The minimum atomic E-state index is -1.04. The van der Waals surface area contributed by atoms with E-state index in [1.165, 1.54) is 25.7 Å².